The molecule has 3 aromatic rings. The molecule has 2 N–H and O–H groups in total. The number of likely N-dealkylation sites (tertiary alicyclic amines) is 1. The zero-order valence-corrected chi connectivity index (χ0v) is 33.2. The number of aromatic nitrogens is 1. The van der Waals surface area contributed by atoms with Gasteiger partial charge in [-0.2, -0.15) is 0 Å². The van der Waals surface area contributed by atoms with Crippen LogP contribution in [0.15, 0.2) is 60.0 Å². The molecule has 1 fully saturated rings. The molecule has 2 heterocycles. The van der Waals surface area contributed by atoms with E-state index in [2.05, 4.69) is 15.6 Å². The summed E-state index contributed by atoms with van der Waals surface area (Å²) in [5.41, 5.74) is 1.79. The SMILES string of the molecule is CCC(C)C(NC(=O)C1CCCCN1C)C(=O)N(Cc1ccccc1)[C@H](CC(=O)c1nc(C(=O)N[C@@H](Cc2ccc(F)cc2)C[C@H](C)C=O)cs1)C(C)C. The van der Waals surface area contributed by atoms with Crippen molar-refractivity contribution in [3.63, 3.8) is 0 Å². The third-order valence-corrected chi connectivity index (χ3v) is 11.4. The monoisotopic (exact) mass is 761 g/mol. The fourth-order valence-electron chi connectivity index (χ4n) is 7.01. The average molecular weight is 762 g/mol. The first kappa shape index (κ1) is 42.5. The number of amides is 3. The van der Waals surface area contributed by atoms with Crippen molar-refractivity contribution in [2.45, 2.75) is 110 Å². The Bertz CT molecular complexity index is 1700. The van der Waals surface area contributed by atoms with Crippen LogP contribution in [0.5, 0.6) is 0 Å². The number of Topliss-reactive ketones (excluding diaryl/α,β-unsaturated/α-hetero) is 1. The molecule has 0 spiro atoms. The van der Waals surface area contributed by atoms with Crippen molar-refractivity contribution in [3.05, 3.63) is 87.6 Å². The van der Waals surface area contributed by atoms with Gasteiger partial charge in [-0.3, -0.25) is 24.1 Å². The highest BCUT2D eigenvalue weighted by atomic mass is 32.1. The van der Waals surface area contributed by atoms with E-state index in [0.717, 1.165) is 54.6 Å². The standard InChI is InChI=1S/C42H56FN5O5S/c1-7-29(5)38(46-40(52)35-15-11-12-20-47(35)6)42(53)48(24-31-13-9-8-10-14-31)36(27(2)3)23-37(50)41-45-34(26-54-41)39(51)44-33(21-28(4)25-49)22-30-16-18-32(43)19-17-30/h8-10,13-14,16-19,25-29,33,35-36,38H,7,11-12,15,20-24H2,1-6H3,(H,44,51)(H,46,52)/t28-,29?,33+,35?,36+,38?/m0/s1. The number of carbonyl (C=O) groups is 5. The molecule has 54 heavy (non-hydrogen) atoms. The van der Waals surface area contributed by atoms with Gasteiger partial charge in [-0.05, 0) is 74.4 Å². The number of thiazole rings is 1. The topological polar surface area (TPSA) is 129 Å². The molecule has 0 radical (unpaired) electrons. The number of piperidine rings is 1. The summed E-state index contributed by atoms with van der Waals surface area (Å²) in [7, 11) is 1.94. The minimum Gasteiger partial charge on any atom is -0.348 e. The van der Waals surface area contributed by atoms with Crippen molar-refractivity contribution in [3.8, 4) is 0 Å². The fourth-order valence-corrected chi connectivity index (χ4v) is 7.76. The minimum absolute atomic E-state index is 0.0264. The maximum absolute atomic E-state index is 14.7. The number of nitrogens with zero attached hydrogens (tertiary/aromatic N) is 3. The zero-order valence-electron chi connectivity index (χ0n) is 32.4. The summed E-state index contributed by atoms with van der Waals surface area (Å²) in [4.78, 5) is 75.4. The maximum atomic E-state index is 14.7. The summed E-state index contributed by atoms with van der Waals surface area (Å²) in [5.74, 6) is -2.13. The summed E-state index contributed by atoms with van der Waals surface area (Å²) in [6.07, 6.45) is 4.96. The molecular weight excluding hydrogens is 706 g/mol. The van der Waals surface area contributed by atoms with Gasteiger partial charge in [0.05, 0.1) is 6.04 Å². The Labute approximate surface area is 323 Å². The number of hydrogen-bond acceptors (Lipinski definition) is 8. The van der Waals surface area contributed by atoms with Crippen molar-refractivity contribution in [1.82, 2.24) is 25.4 Å². The number of nitrogens with one attached hydrogen (secondary N) is 2. The van der Waals surface area contributed by atoms with Crippen molar-refractivity contribution in [2.24, 2.45) is 17.8 Å². The molecule has 0 aliphatic carbocycles. The number of rotatable bonds is 19. The molecule has 1 aromatic heterocycles. The van der Waals surface area contributed by atoms with Gasteiger partial charge in [0.25, 0.3) is 5.91 Å². The molecule has 292 valence electrons. The Morgan fingerprint density at radius 1 is 1.00 bits per heavy atom. The third kappa shape index (κ3) is 11.9. The van der Waals surface area contributed by atoms with E-state index in [1.807, 2.05) is 70.0 Å². The van der Waals surface area contributed by atoms with Crippen LogP contribution in [-0.2, 0) is 27.3 Å². The van der Waals surface area contributed by atoms with E-state index in [9.17, 15) is 28.4 Å². The van der Waals surface area contributed by atoms with Gasteiger partial charge < -0.3 is 20.3 Å². The molecule has 12 heteroatoms. The minimum atomic E-state index is -0.780. The van der Waals surface area contributed by atoms with E-state index in [4.69, 9.17) is 0 Å². The number of halogens is 1. The number of hydrogen-bond donors (Lipinski definition) is 2. The zero-order chi connectivity index (χ0) is 39.4. The Balaban J connectivity index is 1.56. The largest absolute Gasteiger partial charge is 0.348 e. The Morgan fingerprint density at radius 2 is 1.70 bits per heavy atom. The van der Waals surface area contributed by atoms with Crippen LogP contribution in [-0.4, -0.2) is 82.3 Å². The molecule has 0 saturated carbocycles. The van der Waals surface area contributed by atoms with Crippen LogP contribution < -0.4 is 10.6 Å². The summed E-state index contributed by atoms with van der Waals surface area (Å²) in [6, 6.07) is 13.6. The van der Waals surface area contributed by atoms with Crippen LogP contribution in [0.4, 0.5) is 4.39 Å². The van der Waals surface area contributed by atoms with Gasteiger partial charge in [-0.15, -0.1) is 11.3 Å². The molecule has 3 unspecified atom stereocenters. The van der Waals surface area contributed by atoms with Crippen LogP contribution in [0, 0.1) is 23.6 Å². The molecule has 6 atom stereocenters. The summed E-state index contributed by atoms with van der Waals surface area (Å²) in [6.45, 7) is 10.8. The van der Waals surface area contributed by atoms with Gasteiger partial charge >= 0.3 is 0 Å². The normalized spacial score (nSPS) is 17.5. The first-order valence-corrected chi connectivity index (χ1v) is 20.0. The molecule has 4 rings (SSSR count). The van der Waals surface area contributed by atoms with Crippen LogP contribution in [0.1, 0.15) is 105 Å². The van der Waals surface area contributed by atoms with Crippen molar-refractivity contribution >= 4 is 41.1 Å². The number of carbonyl (C=O) groups excluding carboxylic acids is 5. The molecular formula is C42H56FN5O5S. The highest BCUT2D eigenvalue weighted by molar-refractivity contribution is 7.12. The van der Waals surface area contributed by atoms with E-state index in [1.165, 1.54) is 17.5 Å². The van der Waals surface area contributed by atoms with Gasteiger partial charge in [0.15, 0.2) is 10.8 Å². The Hall–Kier alpha value is -4.29. The molecule has 1 saturated heterocycles. The number of benzene rings is 2. The first-order chi connectivity index (χ1) is 25.8. The van der Waals surface area contributed by atoms with Gasteiger partial charge in [-0.25, -0.2) is 9.37 Å². The van der Waals surface area contributed by atoms with E-state index in [0.29, 0.717) is 19.3 Å². The van der Waals surface area contributed by atoms with Crippen molar-refractivity contribution in [2.75, 3.05) is 13.6 Å². The first-order valence-electron chi connectivity index (χ1n) is 19.1. The van der Waals surface area contributed by atoms with Crippen molar-refractivity contribution < 1.29 is 28.4 Å². The summed E-state index contributed by atoms with van der Waals surface area (Å²) < 4.78 is 13.5. The second kappa shape index (κ2) is 20.4. The van der Waals surface area contributed by atoms with Crippen LogP contribution >= 0.6 is 11.3 Å². The summed E-state index contributed by atoms with van der Waals surface area (Å²) >= 11 is 1.07. The van der Waals surface area contributed by atoms with Crippen LogP contribution in [0.25, 0.3) is 0 Å². The average Bonchev–Trinajstić information content (AvgIpc) is 3.67. The highest BCUT2D eigenvalue weighted by Gasteiger charge is 2.38. The lowest BCUT2D eigenvalue weighted by Crippen LogP contribution is -2.58. The van der Waals surface area contributed by atoms with Crippen molar-refractivity contribution in [1.29, 1.82) is 0 Å². The van der Waals surface area contributed by atoms with Gasteiger partial charge in [0, 0.05) is 36.3 Å². The van der Waals surface area contributed by atoms with E-state index in [1.54, 1.807) is 24.0 Å². The molecule has 0 bridgehead atoms. The smallest absolute Gasteiger partial charge is 0.271 e. The van der Waals surface area contributed by atoms with E-state index < -0.39 is 24.0 Å². The molecule has 1 aliphatic heterocycles. The molecule has 10 nitrogen and oxygen atoms in total. The van der Waals surface area contributed by atoms with Gasteiger partial charge in [0.2, 0.25) is 11.8 Å². The number of likely N-dealkylation sites (N-methyl/N-ethyl adjacent to an activating group) is 1. The van der Waals surface area contributed by atoms with Gasteiger partial charge in [-0.1, -0.05) is 89.9 Å². The van der Waals surface area contributed by atoms with E-state index >= 15 is 0 Å². The Morgan fingerprint density at radius 3 is 2.33 bits per heavy atom. The molecule has 2 aromatic carbocycles. The highest BCUT2D eigenvalue weighted by Crippen LogP contribution is 2.26. The summed E-state index contributed by atoms with van der Waals surface area (Å²) in [5, 5.41) is 7.77. The fraction of sp³-hybridized carbons (Fsp3) is 0.524. The lowest BCUT2D eigenvalue weighted by Gasteiger charge is -2.39. The van der Waals surface area contributed by atoms with Crippen LogP contribution in [0.3, 0.4) is 0 Å². The number of ketones is 1. The quantitative estimate of drug-likeness (QED) is 0.106. The molecule has 1 aliphatic rings. The predicted octanol–water partition coefficient (Wildman–Crippen LogP) is 6.49. The van der Waals surface area contributed by atoms with Crippen LogP contribution in [0.2, 0.25) is 0 Å². The van der Waals surface area contributed by atoms with E-state index in [-0.39, 0.29) is 70.9 Å². The lowest BCUT2D eigenvalue weighted by atomic mass is 9.92. The second-order valence-corrected chi connectivity index (χ2v) is 16.0. The predicted molar refractivity (Wildman–Crippen MR) is 210 cm³/mol. The molecule has 3 amide bonds. The maximum Gasteiger partial charge on any atom is 0.271 e. The van der Waals surface area contributed by atoms with Gasteiger partial charge in [0.1, 0.15) is 23.8 Å². The second-order valence-electron chi connectivity index (χ2n) is 15.1. The Kier molecular flexibility index (Phi) is 16.0. The lowest BCUT2D eigenvalue weighted by molar-refractivity contribution is -0.142. The third-order valence-electron chi connectivity index (χ3n) is 10.5. The number of aldehydes is 1.